The number of carboxylic acids is 1. The molecule has 0 unspecified atom stereocenters. The van der Waals surface area contributed by atoms with Crippen LogP contribution in [0.15, 0.2) is 36.5 Å². The lowest BCUT2D eigenvalue weighted by Gasteiger charge is -2.39. The van der Waals surface area contributed by atoms with E-state index in [9.17, 15) is 14.7 Å². The first-order chi connectivity index (χ1) is 12.5. The predicted molar refractivity (Wildman–Crippen MR) is 94.5 cm³/mol. The molecule has 7 heteroatoms. The topological polar surface area (TPSA) is 84.7 Å². The van der Waals surface area contributed by atoms with Crippen LogP contribution in [0.2, 0.25) is 0 Å². The number of amides is 1. The van der Waals surface area contributed by atoms with E-state index in [2.05, 4.69) is 5.10 Å². The van der Waals surface area contributed by atoms with Gasteiger partial charge in [0.05, 0.1) is 24.3 Å². The summed E-state index contributed by atoms with van der Waals surface area (Å²) in [7, 11) is 1.77. The fraction of sp³-hybridized carbons (Fsp3) is 0.421. The Morgan fingerprint density at radius 3 is 2.85 bits per heavy atom. The second kappa shape index (κ2) is 7.59. The third-order valence-corrected chi connectivity index (χ3v) is 4.75. The molecular weight excluding hydrogens is 334 g/mol. The van der Waals surface area contributed by atoms with Crippen molar-refractivity contribution < 1.29 is 19.4 Å². The quantitative estimate of drug-likeness (QED) is 0.858. The summed E-state index contributed by atoms with van der Waals surface area (Å²) in [5.74, 6) is -0.855. The number of aromatic nitrogens is 2. The smallest absolute Gasteiger partial charge is 0.309 e. The number of nitrogens with zero attached hydrogens (tertiary/aromatic N) is 3. The van der Waals surface area contributed by atoms with Crippen LogP contribution >= 0.6 is 0 Å². The molecule has 2 atom stereocenters. The number of rotatable bonds is 6. The number of carboxylic acid groups (broad SMARTS) is 1. The van der Waals surface area contributed by atoms with E-state index in [1.54, 1.807) is 28.9 Å². The number of aliphatic carboxylic acids is 1. The van der Waals surface area contributed by atoms with Crippen molar-refractivity contribution in [3.8, 4) is 5.75 Å². The zero-order valence-electron chi connectivity index (χ0n) is 15.0. The van der Waals surface area contributed by atoms with Crippen LogP contribution in [0.1, 0.15) is 37.1 Å². The van der Waals surface area contributed by atoms with E-state index >= 15 is 0 Å². The molecule has 0 saturated carbocycles. The lowest BCUT2D eigenvalue weighted by Crippen LogP contribution is -2.45. The molecule has 1 aromatic heterocycles. The van der Waals surface area contributed by atoms with Gasteiger partial charge in [-0.2, -0.15) is 5.10 Å². The summed E-state index contributed by atoms with van der Waals surface area (Å²) in [6.07, 6.45) is 2.19. The van der Waals surface area contributed by atoms with Gasteiger partial charge in [-0.1, -0.05) is 12.1 Å². The Kier molecular flexibility index (Phi) is 5.25. The number of carbonyl (C=O) groups is 2. The Morgan fingerprint density at radius 2 is 2.19 bits per heavy atom. The van der Waals surface area contributed by atoms with Crippen LogP contribution in [0.4, 0.5) is 0 Å². The predicted octanol–water partition coefficient (Wildman–Crippen LogP) is 2.38. The number of piperidine rings is 1. The van der Waals surface area contributed by atoms with Gasteiger partial charge in [0.2, 0.25) is 5.91 Å². The molecule has 2 aromatic rings. The van der Waals surface area contributed by atoms with Gasteiger partial charge >= 0.3 is 5.97 Å². The molecule has 138 valence electrons. The average molecular weight is 357 g/mol. The van der Waals surface area contributed by atoms with Gasteiger partial charge in [0, 0.05) is 26.2 Å². The Bertz CT molecular complexity index is 802. The Hall–Kier alpha value is -2.83. The summed E-state index contributed by atoms with van der Waals surface area (Å²) in [4.78, 5) is 26.2. The zero-order chi connectivity index (χ0) is 18.7. The highest BCUT2D eigenvalue weighted by Gasteiger charge is 2.42. The molecule has 1 N–H and O–H groups in total. The van der Waals surface area contributed by atoms with Crippen molar-refractivity contribution in [1.82, 2.24) is 14.7 Å². The van der Waals surface area contributed by atoms with Crippen molar-refractivity contribution in [2.45, 2.75) is 32.4 Å². The van der Waals surface area contributed by atoms with E-state index in [1.807, 2.05) is 31.2 Å². The molecule has 1 amide bonds. The Morgan fingerprint density at radius 1 is 1.38 bits per heavy atom. The number of benzene rings is 1. The summed E-state index contributed by atoms with van der Waals surface area (Å²) in [5, 5.41) is 13.9. The minimum Gasteiger partial charge on any atom is -0.494 e. The monoisotopic (exact) mass is 357 g/mol. The molecule has 1 saturated heterocycles. The molecular formula is C19H23N3O4. The number of ether oxygens (including phenoxy) is 1. The van der Waals surface area contributed by atoms with Gasteiger partial charge in [-0.15, -0.1) is 0 Å². The third kappa shape index (κ3) is 3.56. The molecule has 26 heavy (non-hydrogen) atoms. The van der Waals surface area contributed by atoms with Crippen molar-refractivity contribution in [2.24, 2.45) is 13.0 Å². The second-order valence-electron chi connectivity index (χ2n) is 6.41. The highest BCUT2D eigenvalue weighted by molar-refractivity contribution is 5.81. The molecule has 1 aliphatic heterocycles. The molecule has 1 aromatic carbocycles. The largest absolute Gasteiger partial charge is 0.494 e. The molecule has 2 heterocycles. The number of hydrogen-bond acceptors (Lipinski definition) is 4. The van der Waals surface area contributed by atoms with E-state index in [4.69, 9.17) is 4.74 Å². The van der Waals surface area contributed by atoms with Gasteiger partial charge in [-0.05, 0) is 37.1 Å². The molecule has 1 fully saturated rings. The van der Waals surface area contributed by atoms with E-state index in [-0.39, 0.29) is 12.3 Å². The molecule has 1 aliphatic rings. The van der Waals surface area contributed by atoms with Gasteiger partial charge < -0.3 is 14.7 Å². The van der Waals surface area contributed by atoms with Gasteiger partial charge in [0.15, 0.2) is 0 Å². The Balaban J connectivity index is 1.95. The van der Waals surface area contributed by atoms with E-state index < -0.39 is 17.9 Å². The van der Waals surface area contributed by atoms with Crippen LogP contribution in [0.25, 0.3) is 0 Å². The SMILES string of the molecule is CCOc1cccc(CN2C(=O)CC[C@H](C(=O)O)[C@H]2c2ccnn2C)c1. The fourth-order valence-electron chi connectivity index (χ4n) is 3.53. The van der Waals surface area contributed by atoms with E-state index in [0.29, 0.717) is 19.6 Å². The summed E-state index contributed by atoms with van der Waals surface area (Å²) in [6.45, 7) is 2.81. The minimum atomic E-state index is -0.892. The highest BCUT2D eigenvalue weighted by Crippen LogP contribution is 2.37. The second-order valence-corrected chi connectivity index (χ2v) is 6.41. The first-order valence-corrected chi connectivity index (χ1v) is 8.73. The molecule has 0 radical (unpaired) electrons. The van der Waals surface area contributed by atoms with Crippen molar-refractivity contribution in [3.05, 3.63) is 47.8 Å². The first-order valence-electron chi connectivity index (χ1n) is 8.73. The number of hydrogen-bond donors (Lipinski definition) is 1. The van der Waals surface area contributed by atoms with Crippen molar-refractivity contribution in [1.29, 1.82) is 0 Å². The molecule has 0 spiro atoms. The summed E-state index contributed by atoms with van der Waals surface area (Å²) >= 11 is 0. The normalized spacial score (nSPS) is 20.2. The van der Waals surface area contributed by atoms with Crippen LogP contribution < -0.4 is 4.74 Å². The van der Waals surface area contributed by atoms with Crippen LogP contribution in [-0.4, -0.2) is 38.3 Å². The summed E-state index contributed by atoms with van der Waals surface area (Å²) in [6, 6.07) is 8.79. The lowest BCUT2D eigenvalue weighted by molar-refractivity contribution is -0.152. The lowest BCUT2D eigenvalue weighted by atomic mass is 9.86. The average Bonchev–Trinajstić information content (AvgIpc) is 3.02. The van der Waals surface area contributed by atoms with Crippen LogP contribution in [0.3, 0.4) is 0 Å². The standard InChI is InChI=1S/C19H23N3O4/c1-3-26-14-6-4-5-13(11-14)12-22-17(23)8-7-15(19(24)25)18(22)16-9-10-20-21(16)2/h4-6,9-11,15,18H,3,7-8,12H2,1-2H3,(H,24,25)/t15-,18-/m0/s1. The minimum absolute atomic E-state index is 0.0458. The van der Waals surface area contributed by atoms with Gasteiger partial charge in [0.1, 0.15) is 5.75 Å². The zero-order valence-corrected chi connectivity index (χ0v) is 15.0. The van der Waals surface area contributed by atoms with Crippen molar-refractivity contribution in [2.75, 3.05) is 6.61 Å². The van der Waals surface area contributed by atoms with Crippen molar-refractivity contribution in [3.63, 3.8) is 0 Å². The third-order valence-electron chi connectivity index (χ3n) is 4.75. The van der Waals surface area contributed by atoms with E-state index in [1.165, 1.54) is 0 Å². The molecule has 0 bridgehead atoms. The summed E-state index contributed by atoms with van der Waals surface area (Å²) in [5.41, 5.74) is 1.63. The first kappa shape index (κ1) is 18.0. The molecule has 7 nitrogen and oxygen atoms in total. The Labute approximate surface area is 152 Å². The van der Waals surface area contributed by atoms with Gasteiger partial charge in [0.25, 0.3) is 0 Å². The fourth-order valence-corrected chi connectivity index (χ4v) is 3.53. The van der Waals surface area contributed by atoms with Crippen LogP contribution in [0.5, 0.6) is 5.75 Å². The highest BCUT2D eigenvalue weighted by atomic mass is 16.5. The molecule has 3 rings (SSSR count). The van der Waals surface area contributed by atoms with E-state index in [0.717, 1.165) is 17.0 Å². The number of carbonyl (C=O) groups excluding carboxylic acids is 1. The maximum absolute atomic E-state index is 12.7. The molecule has 0 aliphatic carbocycles. The summed E-state index contributed by atoms with van der Waals surface area (Å²) < 4.78 is 7.17. The maximum Gasteiger partial charge on any atom is 0.309 e. The van der Waals surface area contributed by atoms with Gasteiger partial charge in [-0.3, -0.25) is 14.3 Å². The number of likely N-dealkylation sites (tertiary alicyclic amines) is 1. The van der Waals surface area contributed by atoms with Crippen molar-refractivity contribution >= 4 is 11.9 Å². The number of aryl methyl sites for hydroxylation is 1. The van der Waals surface area contributed by atoms with Crippen LogP contribution in [-0.2, 0) is 23.2 Å². The van der Waals surface area contributed by atoms with Gasteiger partial charge in [-0.25, -0.2) is 0 Å². The van der Waals surface area contributed by atoms with Crippen LogP contribution in [0, 0.1) is 5.92 Å². The maximum atomic E-state index is 12.7.